The lowest BCUT2D eigenvalue weighted by Crippen LogP contribution is -2.51. The molecule has 1 unspecified atom stereocenters. The zero-order valence-electron chi connectivity index (χ0n) is 48.3. The number of unbranched alkanes of at least 4 members (excludes halogenated alkanes) is 2. The van der Waals surface area contributed by atoms with Crippen LogP contribution in [0.2, 0.25) is 0 Å². The molecule has 3 saturated carbocycles. The number of allylic oxidation sites excluding steroid dienone is 1. The van der Waals surface area contributed by atoms with Crippen molar-refractivity contribution in [2.75, 3.05) is 43.0 Å². The van der Waals surface area contributed by atoms with E-state index in [9.17, 15) is 29.4 Å². The maximum absolute atomic E-state index is 13.5. The number of esters is 1. The minimum absolute atomic E-state index is 0.00625. The molecule has 15 heteroatoms. The minimum atomic E-state index is -1.33. The Morgan fingerprint density at radius 3 is 2.29 bits per heavy atom. The van der Waals surface area contributed by atoms with Gasteiger partial charge in [-0.2, -0.15) is 11.8 Å². The van der Waals surface area contributed by atoms with Crippen molar-refractivity contribution in [3.05, 3.63) is 88.5 Å². The molecule has 8 atom stereocenters. The van der Waals surface area contributed by atoms with Gasteiger partial charge in [-0.3, -0.25) is 9.59 Å². The Kier molecular flexibility index (Phi) is 19.2. The van der Waals surface area contributed by atoms with Crippen molar-refractivity contribution in [2.24, 2.45) is 46.3 Å². The molecule has 3 aromatic rings. The topological polar surface area (TPSA) is 176 Å². The van der Waals surface area contributed by atoms with Gasteiger partial charge in [0.2, 0.25) is 11.8 Å². The summed E-state index contributed by atoms with van der Waals surface area (Å²) in [6.07, 6.45) is 20.3. The maximum atomic E-state index is 13.5. The summed E-state index contributed by atoms with van der Waals surface area (Å²) < 4.78 is 18.2. The fourth-order valence-corrected chi connectivity index (χ4v) is 16.5. The number of phenols is 2. The number of thiocarbonyl (C=S) groups is 1. The van der Waals surface area contributed by atoms with Gasteiger partial charge in [-0.05, 0) is 159 Å². The van der Waals surface area contributed by atoms with Gasteiger partial charge < -0.3 is 45.3 Å². The number of carbonyl (C=O) groups excluding carboxylic acids is 4. The molecule has 2 aliphatic heterocycles. The third-order valence-electron chi connectivity index (χ3n) is 19.5. The number of amides is 3. The van der Waals surface area contributed by atoms with Crippen molar-refractivity contribution >= 4 is 58.5 Å². The number of thioether (sulfide) groups is 1. The Labute approximate surface area is 484 Å². The molecule has 0 saturated heterocycles. The Bertz CT molecular complexity index is 2730. The number of aromatic hydroxyl groups is 2. The van der Waals surface area contributed by atoms with Gasteiger partial charge in [0.15, 0.2) is 5.60 Å². The summed E-state index contributed by atoms with van der Waals surface area (Å²) in [5.74, 6) is 6.68. The molecule has 6 aliphatic rings. The second-order valence-electron chi connectivity index (χ2n) is 24.9. The van der Waals surface area contributed by atoms with E-state index >= 15 is 0 Å². The van der Waals surface area contributed by atoms with Crippen LogP contribution in [0.5, 0.6) is 23.0 Å². The van der Waals surface area contributed by atoms with E-state index in [0.29, 0.717) is 95.3 Å². The molecule has 9 rings (SSSR count). The second-order valence-corrected chi connectivity index (χ2v) is 26.7. The van der Waals surface area contributed by atoms with Gasteiger partial charge in [-0.1, -0.05) is 97.2 Å². The Balaban J connectivity index is 0.623. The van der Waals surface area contributed by atoms with Crippen LogP contribution in [0.25, 0.3) is 0 Å². The molecular weight excluding hydrogens is 1040 g/mol. The summed E-state index contributed by atoms with van der Waals surface area (Å²) in [5.41, 5.74) is 3.65. The normalized spacial score (nSPS) is 25.1. The Morgan fingerprint density at radius 2 is 1.55 bits per heavy atom. The largest absolute Gasteiger partial charge is 0.508 e. The molecule has 13 nitrogen and oxygen atoms in total. The van der Waals surface area contributed by atoms with Crippen LogP contribution in [0.4, 0.5) is 10.5 Å². The summed E-state index contributed by atoms with van der Waals surface area (Å²) in [6.45, 7) is 16.3. The quantitative estimate of drug-likeness (QED) is 0.0249. The van der Waals surface area contributed by atoms with Crippen molar-refractivity contribution in [1.82, 2.24) is 15.5 Å². The van der Waals surface area contributed by atoms with Crippen molar-refractivity contribution in [2.45, 2.75) is 169 Å². The molecular formula is C65H88N4O9S2. The number of rotatable bonds is 24. The molecule has 3 amide bonds. The zero-order chi connectivity index (χ0) is 56.8. The van der Waals surface area contributed by atoms with Crippen LogP contribution in [-0.2, 0) is 24.7 Å². The van der Waals surface area contributed by atoms with Crippen molar-refractivity contribution in [3.63, 3.8) is 0 Å². The number of anilines is 1. The van der Waals surface area contributed by atoms with Crippen molar-refractivity contribution in [3.8, 4) is 23.0 Å². The van der Waals surface area contributed by atoms with Crippen LogP contribution in [0.3, 0.4) is 0 Å². The van der Waals surface area contributed by atoms with Crippen molar-refractivity contribution in [1.29, 1.82) is 0 Å². The van der Waals surface area contributed by atoms with Gasteiger partial charge in [-0.15, -0.1) is 0 Å². The number of benzene rings is 3. The molecule has 3 fully saturated rings. The number of carbonyl (C=O) groups is 4. The lowest BCUT2D eigenvalue weighted by atomic mass is 9.47. The predicted molar refractivity (Wildman–Crippen MR) is 320 cm³/mol. The average Bonchev–Trinajstić information content (AvgIpc) is 3.96. The Morgan fingerprint density at radius 1 is 0.812 bits per heavy atom. The van der Waals surface area contributed by atoms with Crippen LogP contribution in [-0.4, -0.2) is 87.8 Å². The van der Waals surface area contributed by atoms with E-state index in [2.05, 4.69) is 56.6 Å². The van der Waals surface area contributed by atoms with E-state index < -0.39 is 17.7 Å². The van der Waals surface area contributed by atoms with Gasteiger partial charge in [0.25, 0.3) is 0 Å². The highest BCUT2D eigenvalue weighted by Crippen LogP contribution is 2.67. The lowest BCUT2D eigenvalue weighted by Gasteiger charge is -2.58. The number of hydrogen-bond donors (Lipinski definition) is 5. The molecule has 434 valence electrons. The first-order valence-electron chi connectivity index (χ1n) is 30.2. The highest BCUT2D eigenvalue weighted by atomic mass is 32.2. The summed E-state index contributed by atoms with van der Waals surface area (Å²) in [4.78, 5) is 54.6. The number of hydrogen-bond acceptors (Lipinski definition) is 11. The number of alkyl carbamates (subject to hydrolysis) is 1. The fourth-order valence-electron chi connectivity index (χ4n) is 15.4. The molecule has 2 heterocycles. The monoisotopic (exact) mass is 1130 g/mol. The van der Waals surface area contributed by atoms with Gasteiger partial charge in [0, 0.05) is 85.7 Å². The fraction of sp³-hybridized carbons (Fsp3) is 0.615. The summed E-state index contributed by atoms with van der Waals surface area (Å²) in [5, 5.41) is 29.6. The molecule has 4 aliphatic carbocycles. The molecule has 0 bridgehead atoms. The molecule has 1 spiro atoms. The zero-order valence-corrected chi connectivity index (χ0v) is 49.9. The minimum Gasteiger partial charge on any atom is -0.508 e. The van der Waals surface area contributed by atoms with E-state index in [-0.39, 0.29) is 34.8 Å². The Hall–Kier alpha value is -5.28. The van der Waals surface area contributed by atoms with Crippen LogP contribution in [0.15, 0.2) is 66.2 Å². The van der Waals surface area contributed by atoms with E-state index in [4.69, 9.17) is 26.4 Å². The molecule has 3 aromatic carbocycles. The first kappa shape index (κ1) is 59.3. The summed E-state index contributed by atoms with van der Waals surface area (Å²) in [7, 11) is 0. The number of ether oxygens (including phenoxy) is 3. The number of phenolic OH excluding ortho intramolecular Hbond substituents is 2. The third kappa shape index (κ3) is 12.8. The number of nitrogens with zero attached hydrogens (tertiary/aromatic N) is 1. The summed E-state index contributed by atoms with van der Waals surface area (Å²) >= 11 is 7.49. The van der Waals surface area contributed by atoms with Crippen molar-refractivity contribution < 1.29 is 43.6 Å². The number of fused-ring (bicyclic) bond motifs is 11. The second kappa shape index (κ2) is 25.9. The highest BCUT2D eigenvalue weighted by Gasteiger charge is 2.59. The van der Waals surface area contributed by atoms with E-state index in [0.717, 1.165) is 92.0 Å². The number of nitrogens with one attached hydrogen (secondary N) is 3. The van der Waals surface area contributed by atoms with E-state index in [1.165, 1.54) is 81.2 Å². The summed E-state index contributed by atoms with van der Waals surface area (Å²) in [6, 6.07) is 14.8. The van der Waals surface area contributed by atoms with E-state index in [1.54, 1.807) is 30.0 Å². The third-order valence-corrected chi connectivity index (χ3v) is 20.8. The standard InChI is InChI=1S/C65H88N4O9S2/c1-7-60(73)69(34-36-80-35-12-16-59(79)68-44-18-22-53-49(38-44)61(74)78-65(53)54-23-19-45(70)39-56(54)77-57-40-46(71)20-24-55(57)65)33-10-8-9-15-58(72)66-31-32-67-62(75)76-47-27-29-63(5)43(37-47)17-21-48-51-26-25-50(42(4)14-11-13-41(2)3)64(51,6)30-28-52(48)63/h17-20,22-24,38-42,47-48,50-52,70-71H,7-16,21,25-37H2,1-6H3,(H,66,72)(H,67,75)(H,68,79)/t42-,47?,48+,50-,51+,52+,63+,64-/m1/s1. The smallest absolute Gasteiger partial charge is 0.407 e. The van der Waals surface area contributed by atoms with Gasteiger partial charge >= 0.3 is 12.1 Å². The van der Waals surface area contributed by atoms with Crippen LogP contribution in [0, 0.1) is 46.3 Å². The lowest BCUT2D eigenvalue weighted by molar-refractivity contribution is -0.130. The molecule has 0 aromatic heterocycles. The first-order valence-corrected chi connectivity index (χ1v) is 31.8. The molecule has 5 N–H and O–H groups in total. The van der Waals surface area contributed by atoms with Gasteiger partial charge in [0.1, 0.15) is 29.1 Å². The van der Waals surface area contributed by atoms with E-state index in [1.807, 2.05) is 24.0 Å². The first-order chi connectivity index (χ1) is 38.4. The molecule has 0 radical (unpaired) electrons. The maximum Gasteiger partial charge on any atom is 0.407 e. The predicted octanol–water partition coefficient (Wildman–Crippen LogP) is 14.0. The SMILES string of the molecule is CCC(=O)N(CCCCCC(=O)NCCNC(=O)OC1CC[C@@]2(C)C(=CC[C@H]3[C@@H]4CC[C@H]([C@H](C)CCCC(C)C)[C@@]4(C)CC[C@@H]32)C1)CCSCCCC(=S)Nc1ccc2c(c1)C(=O)OC21c2ccc(O)cc2Oc2cc(O)ccc21. The van der Waals surface area contributed by atoms with Gasteiger partial charge in [0.05, 0.1) is 10.6 Å². The van der Waals surface area contributed by atoms with Crippen LogP contribution in [0.1, 0.15) is 184 Å². The van der Waals surface area contributed by atoms with Crippen LogP contribution < -0.4 is 20.7 Å². The average molecular weight is 1130 g/mol. The highest BCUT2D eigenvalue weighted by molar-refractivity contribution is 7.99. The van der Waals surface area contributed by atoms with Crippen LogP contribution >= 0.6 is 24.0 Å². The molecule has 80 heavy (non-hydrogen) atoms. The van der Waals surface area contributed by atoms with Gasteiger partial charge in [-0.25, -0.2) is 9.59 Å².